The van der Waals surface area contributed by atoms with E-state index in [1.54, 1.807) is 0 Å². The molecule has 1 N–H and O–H groups in total. The summed E-state index contributed by atoms with van der Waals surface area (Å²) in [7, 11) is 5.55. The number of aliphatic carboxylic acids is 1. The molecule has 0 aliphatic rings. The first-order valence-electron chi connectivity index (χ1n) is 27.2. The topological polar surface area (TPSA) is 99.1 Å². The molecular formula is C55H106NO7+. The fourth-order valence-electron chi connectivity index (χ4n) is 8.44. The van der Waals surface area contributed by atoms with Gasteiger partial charge in [0.1, 0.15) is 6.61 Å². The largest absolute Gasteiger partial charge is 0.477 e. The minimum atomic E-state index is -0.871. The maximum Gasteiger partial charge on any atom is 0.362 e. The molecular weight excluding hydrogens is 787 g/mol. The van der Waals surface area contributed by atoms with Crippen LogP contribution in [0, 0.1) is 0 Å². The molecule has 0 amide bonds. The van der Waals surface area contributed by atoms with Gasteiger partial charge in [-0.2, -0.15) is 0 Å². The molecule has 0 heterocycles. The van der Waals surface area contributed by atoms with Gasteiger partial charge in [-0.1, -0.05) is 225 Å². The van der Waals surface area contributed by atoms with Crippen molar-refractivity contribution in [2.75, 3.05) is 41.0 Å². The number of allylic oxidation sites excluding steroid dienone is 2. The maximum atomic E-state index is 12.8. The third-order valence-corrected chi connectivity index (χ3v) is 12.7. The predicted molar refractivity (Wildman–Crippen MR) is 266 cm³/mol. The zero-order valence-electron chi connectivity index (χ0n) is 42.6. The molecule has 63 heavy (non-hydrogen) atoms. The van der Waals surface area contributed by atoms with E-state index in [9.17, 15) is 19.5 Å². The number of unbranched alkanes of at least 4 members (excludes halogenated alkanes) is 34. The van der Waals surface area contributed by atoms with E-state index in [4.69, 9.17) is 14.2 Å². The number of carboxylic acid groups (broad SMARTS) is 1. The second-order valence-corrected chi connectivity index (χ2v) is 19.8. The van der Waals surface area contributed by atoms with Crippen molar-refractivity contribution in [3.8, 4) is 0 Å². The molecule has 0 rings (SSSR count). The van der Waals surface area contributed by atoms with Crippen molar-refractivity contribution in [2.24, 2.45) is 0 Å². The fourth-order valence-corrected chi connectivity index (χ4v) is 8.44. The molecule has 0 aromatic rings. The van der Waals surface area contributed by atoms with Gasteiger partial charge in [0.05, 0.1) is 34.4 Å². The summed E-state index contributed by atoms with van der Waals surface area (Å²) >= 11 is 0. The number of carboxylic acids is 1. The normalized spacial score (nSPS) is 12.8. The lowest BCUT2D eigenvalue weighted by Crippen LogP contribution is -2.50. The van der Waals surface area contributed by atoms with Crippen molar-refractivity contribution in [3.63, 3.8) is 0 Å². The van der Waals surface area contributed by atoms with Crippen LogP contribution in [0.4, 0.5) is 0 Å². The number of carbonyl (C=O) groups is 3. The zero-order chi connectivity index (χ0) is 46.3. The Morgan fingerprint density at radius 1 is 0.460 bits per heavy atom. The van der Waals surface area contributed by atoms with Crippen LogP contribution in [-0.2, 0) is 28.6 Å². The van der Waals surface area contributed by atoms with E-state index in [-0.39, 0.29) is 36.2 Å². The Kier molecular flexibility index (Phi) is 45.2. The van der Waals surface area contributed by atoms with Crippen LogP contribution in [0.25, 0.3) is 0 Å². The summed E-state index contributed by atoms with van der Waals surface area (Å²) < 4.78 is 17.4. The molecule has 372 valence electrons. The number of quaternary nitrogens is 1. The monoisotopic (exact) mass is 893 g/mol. The Balaban J connectivity index is 4.17. The van der Waals surface area contributed by atoms with E-state index in [0.717, 1.165) is 38.5 Å². The highest BCUT2D eigenvalue weighted by Gasteiger charge is 2.31. The van der Waals surface area contributed by atoms with Crippen LogP contribution in [0.3, 0.4) is 0 Å². The fraction of sp³-hybridized carbons (Fsp3) is 0.909. The van der Waals surface area contributed by atoms with E-state index < -0.39 is 18.1 Å². The Morgan fingerprint density at radius 3 is 1.14 bits per heavy atom. The number of hydrogen-bond acceptors (Lipinski definition) is 6. The molecule has 8 heteroatoms. The van der Waals surface area contributed by atoms with E-state index in [0.29, 0.717) is 19.3 Å². The number of nitrogens with zero attached hydrogens (tertiary/aromatic N) is 1. The van der Waals surface area contributed by atoms with Crippen LogP contribution >= 0.6 is 0 Å². The lowest BCUT2D eigenvalue weighted by Gasteiger charge is -2.31. The van der Waals surface area contributed by atoms with Gasteiger partial charge in [-0.05, 0) is 38.5 Å². The number of esters is 2. The molecule has 0 saturated heterocycles. The van der Waals surface area contributed by atoms with Gasteiger partial charge in [-0.3, -0.25) is 9.59 Å². The second-order valence-electron chi connectivity index (χ2n) is 19.8. The molecule has 0 bridgehead atoms. The molecule has 8 nitrogen and oxygen atoms in total. The van der Waals surface area contributed by atoms with Crippen molar-refractivity contribution in [3.05, 3.63) is 12.2 Å². The number of ether oxygens (including phenoxy) is 3. The van der Waals surface area contributed by atoms with Crippen molar-refractivity contribution < 1.29 is 38.2 Å². The quantitative estimate of drug-likeness (QED) is 0.0281. The van der Waals surface area contributed by atoms with Gasteiger partial charge in [0.25, 0.3) is 0 Å². The summed E-state index contributed by atoms with van der Waals surface area (Å²) in [5.41, 5.74) is 0. The minimum absolute atomic E-state index is 0.0458. The summed E-state index contributed by atoms with van der Waals surface area (Å²) in [6.45, 7) is 4.79. The number of rotatable bonds is 50. The van der Waals surface area contributed by atoms with E-state index in [1.165, 1.54) is 199 Å². The van der Waals surface area contributed by atoms with Gasteiger partial charge in [0.15, 0.2) is 12.1 Å². The summed E-state index contributed by atoms with van der Waals surface area (Å²) in [6, 6.07) is -0.612. The van der Waals surface area contributed by atoms with E-state index >= 15 is 0 Å². The number of likely N-dealkylation sites (N-methyl/N-ethyl adjacent to an activating group) is 1. The third-order valence-electron chi connectivity index (χ3n) is 12.7. The van der Waals surface area contributed by atoms with Crippen molar-refractivity contribution in [1.82, 2.24) is 0 Å². The van der Waals surface area contributed by atoms with Crippen LogP contribution in [-0.4, -0.2) is 80.6 Å². The van der Waals surface area contributed by atoms with Crippen LogP contribution in [0.2, 0.25) is 0 Å². The van der Waals surface area contributed by atoms with Gasteiger partial charge in [0.2, 0.25) is 0 Å². The van der Waals surface area contributed by atoms with Crippen molar-refractivity contribution in [1.29, 1.82) is 0 Å². The Morgan fingerprint density at radius 2 is 0.794 bits per heavy atom. The average Bonchev–Trinajstić information content (AvgIpc) is 3.24. The van der Waals surface area contributed by atoms with Crippen LogP contribution in [0.5, 0.6) is 0 Å². The number of hydrogen-bond donors (Lipinski definition) is 1. The molecule has 0 spiro atoms. The van der Waals surface area contributed by atoms with Crippen molar-refractivity contribution in [2.45, 2.75) is 283 Å². The Bertz CT molecular complexity index is 1040. The highest BCUT2D eigenvalue weighted by molar-refractivity contribution is 5.72. The Labute approximate surface area is 390 Å². The van der Waals surface area contributed by atoms with Crippen LogP contribution < -0.4 is 0 Å². The van der Waals surface area contributed by atoms with E-state index in [1.807, 2.05) is 21.1 Å². The molecule has 2 unspecified atom stereocenters. The lowest BCUT2D eigenvalue weighted by molar-refractivity contribution is -0.887. The molecule has 0 aliphatic carbocycles. The standard InChI is InChI=1S/C55H105NO7/c1-6-8-10-12-14-16-18-20-22-24-26-27-28-30-31-33-35-37-39-41-43-45-53(57)62-50-51(49-61-48-47-52(55(59)60)56(3,4)5)63-54(58)46-44-42-40-38-36-34-32-29-25-23-21-19-17-15-13-11-9-7-2/h23,25,51-52H,6-22,24,26-50H2,1-5H3/p+1/b25-23-. The van der Waals surface area contributed by atoms with Gasteiger partial charge < -0.3 is 23.8 Å². The van der Waals surface area contributed by atoms with E-state index in [2.05, 4.69) is 26.0 Å². The first kappa shape index (κ1) is 61.1. The van der Waals surface area contributed by atoms with Crippen LogP contribution in [0.15, 0.2) is 12.2 Å². The van der Waals surface area contributed by atoms with Gasteiger partial charge in [-0.15, -0.1) is 0 Å². The Hall–Kier alpha value is -1.93. The van der Waals surface area contributed by atoms with Gasteiger partial charge >= 0.3 is 17.9 Å². The predicted octanol–water partition coefficient (Wildman–Crippen LogP) is 15.8. The van der Waals surface area contributed by atoms with Crippen molar-refractivity contribution >= 4 is 17.9 Å². The summed E-state index contributed by atoms with van der Waals surface area (Å²) in [5, 5.41) is 9.66. The summed E-state index contributed by atoms with van der Waals surface area (Å²) in [6.07, 6.45) is 52.6. The van der Waals surface area contributed by atoms with Crippen LogP contribution in [0.1, 0.15) is 271 Å². The maximum absolute atomic E-state index is 12.8. The first-order chi connectivity index (χ1) is 30.6. The summed E-state index contributed by atoms with van der Waals surface area (Å²) in [5.74, 6) is -1.45. The second kappa shape index (κ2) is 46.6. The highest BCUT2D eigenvalue weighted by Crippen LogP contribution is 2.17. The lowest BCUT2D eigenvalue weighted by atomic mass is 10.0. The first-order valence-corrected chi connectivity index (χ1v) is 27.2. The minimum Gasteiger partial charge on any atom is -0.477 e. The summed E-state index contributed by atoms with van der Waals surface area (Å²) in [4.78, 5) is 37.2. The molecule has 0 fully saturated rings. The molecule has 0 aromatic heterocycles. The van der Waals surface area contributed by atoms with Gasteiger partial charge in [0, 0.05) is 19.3 Å². The molecule has 0 aromatic carbocycles. The average molecular weight is 893 g/mol. The SMILES string of the molecule is CCCCCCCCC/C=C\CCCCCCCCCC(=O)OC(COCCC(C(=O)O)[N+](C)(C)C)COC(=O)CCCCCCCCCCCCCCCCCCCCCCC. The smallest absolute Gasteiger partial charge is 0.362 e. The molecule has 0 saturated carbocycles. The molecule has 0 aliphatic heterocycles. The molecule has 0 radical (unpaired) electrons. The molecule has 2 atom stereocenters. The third kappa shape index (κ3) is 45.0. The zero-order valence-corrected chi connectivity index (χ0v) is 42.6. The number of carbonyl (C=O) groups excluding carboxylic acids is 2. The van der Waals surface area contributed by atoms with Gasteiger partial charge in [-0.25, -0.2) is 4.79 Å². The highest BCUT2D eigenvalue weighted by atomic mass is 16.6.